The lowest BCUT2D eigenvalue weighted by Crippen LogP contribution is -2.35. The lowest BCUT2D eigenvalue weighted by molar-refractivity contribution is -0.131. The van der Waals surface area contributed by atoms with Crippen LogP contribution in [-0.2, 0) is 4.79 Å². The Hall–Kier alpha value is -0.610. The minimum absolute atomic E-state index is 0.368. The van der Waals surface area contributed by atoms with E-state index in [0.717, 1.165) is 51.9 Å². The van der Waals surface area contributed by atoms with Gasteiger partial charge in [0.2, 0.25) is 5.91 Å². The maximum Gasteiger partial charge on any atom is 0.222 e. The van der Waals surface area contributed by atoms with Crippen molar-refractivity contribution in [1.82, 2.24) is 14.7 Å². The topological polar surface area (TPSA) is 26.8 Å². The maximum absolute atomic E-state index is 12.6. The summed E-state index contributed by atoms with van der Waals surface area (Å²) in [5.74, 6) is 0.368. The number of amides is 1. The molecule has 0 saturated carbocycles. The number of unbranched alkanes of at least 4 members (excludes halogenated alkanes) is 9. The molecule has 4 heteroatoms. The lowest BCUT2D eigenvalue weighted by atomic mass is 10.1. The van der Waals surface area contributed by atoms with Crippen LogP contribution in [0.25, 0.3) is 0 Å². The average Bonchev–Trinajstić information content (AvgIpc) is 2.61. The molecule has 0 aromatic carbocycles. The van der Waals surface area contributed by atoms with E-state index < -0.39 is 0 Å². The van der Waals surface area contributed by atoms with Crippen molar-refractivity contribution in [1.29, 1.82) is 0 Å². The van der Waals surface area contributed by atoms with Gasteiger partial charge in [0.15, 0.2) is 0 Å². The van der Waals surface area contributed by atoms with Gasteiger partial charge in [-0.15, -0.1) is 0 Å². The van der Waals surface area contributed by atoms with Crippen LogP contribution >= 0.6 is 0 Å². The van der Waals surface area contributed by atoms with Gasteiger partial charge in [-0.3, -0.25) is 4.79 Å². The predicted octanol–water partition coefficient (Wildman–Crippen LogP) is 5.03. The summed E-state index contributed by atoms with van der Waals surface area (Å²) >= 11 is 0. The molecule has 0 atom stereocenters. The third-order valence-electron chi connectivity index (χ3n) is 5.16. The Labute approximate surface area is 170 Å². The summed E-state index contributed by atoms with van der Waals surface area (Å²) in [6.07, 6.45) is 16.1. The van der Waals surface area contributed by atoms with Gasteiger partial charge in [0.05, 0.1) is 0 Å². The molecule has 0 radical (unpaired) electrons. The van der Waals surface area contributed by atoms with Gasteiger partial charge in [-0.05, 0) is 60.5 Å². The second-order valence-electron chi connectivity index (χ2n) is 8.63. The molecule has 0 unspecified atom stereocenters. The summed E-state index contributed by atoms with van der Waals surface area (Å²) < 4.78 is 0. The van der Waals surface area contributed by atoms with Crippen molar-refractivity contribution in [2.75, 3.05) is 54.4 Å². The van der Waals surface area contributed by atoms with Crippen LogP contribution in [-0.4, -0.2) is 75.0 Å². The summed E-state index contributed by atoms with van der Waals surface area (Å²) in [6, 6.07) is 0. The molecule has 0 heterocycles. The van der Waals surface area contributed by atoms with Crippen molar-refractivity contribution in [2.45, 2.75) is 90.4 Å². The molecule has 0 fully saturated rings. The van der Waals surface area contributed by atoms with Crippen molar-refractivity contribution < 1.29 is 4.79 Å². The normalized spacial score (nSPS) is 11.5. The molecule has 0 bridgehead atoms. The van der Waals surface area contributed by atoms with Crippen LogP contribution in [0.5, 0.6) is 0 Å². The van der Waals surface area contributed by atoms with Gasteiger partial charge in [-0.25, -0.2) is 0 Å². The monoisotopic (exact) mass is 383 g/mol. The standard InChI is InChI=1S/C23H49N3O/c1-6-7-8-9-10-11-12-13-14-15-18-23(27)26(21-16-19-24(2)3)22-17-20-25(4)5/h6-22H2,1-5H3. The Bertz CT molecular complexity index is 318. The van der Waals surface area contributed by atoms with Gasteiger partial charge < -0.3 is 14.7 Å². The summed E-state index contributed by atoms with van der Waals surface area (Å²) in [6.45, 7) is 6.18. The van der Waals surface area contributed by atoms with E-state index in [9.17, 15) is 4.79 Å². The van der Waals surface area contributed by atoms with Crippen LogP contribution in [0.1, 0.15) is 90.4 Å². The number of carbonyl (C=O) groups is 1. The Morgan fingerprint density at radius 3 is 1.37 bits per heavy atom. The van der Waals surface area contributed by atoms with Crippen LogP contribution in [0.2, 0.25) is 0 Å². The van der Waals surface area contributed by atoms with Crippen LogP contribution in [0.3, 0.4) is 0 Å². The fourth-order valence-electron chi connectivity index (χ4n) is 3.44. The molecule has 4 nitrogen and oxygen atoms in total. The largest absolute Gasteiger partial charge is 0.343 e. The van der Waals surface area contributed by atoms with E-state index in [2.05, 4.69) is 49.8 Å². The second kappa shape index (κ2) is 18.7. The van der Waals surface area contributed by atoms with Gasteiger partial charge in [0, 0.05) is 19.5 Å². The number of nitrogens with zero attached hydrogens (tertiary/aromatic N) is 3. The Balaban J connectivity index is 3.87. The van der Waals surface area contributed by atoms with Crippen molar-refractivity contribution in [3.8, 4) is 0 Å². The molecule has 0 N–H and O–H groups in total. The van der Waals surface area contributed by atoms with Gasteiger partial charge in [0.1, 0.15) is 0 Å². The van der Waals surface area contributed by atoms with Gasteiger partial charge >= 0.3 is 0 Å². The van der Waals surface area contributed by atoms with Gasteiger partial charge in [0.25, 0.3) is 0 Å². The maximum atomic E-state index is 12.6. The first-order chi connectivity index (χ1) is 13.0. The predicted molar refractivity (Wildman–Crippen MR) is 119 cm³/mol. The van der Waals surface area contributed by atoms with E-state index in [1.165, 1.54) is 57.8 Å². The third-order valence-corrected chi connectivity index (χ3v) is 5.16. The van der Waals surface area contributed by atoms with Crippen LogP contribution in [0.4, 0.5) is 0 Å². The van der Waals surface area contributed by atoms with Crippen LogP contribution < -0.4 is 0 Å². The Morgan fingerprint density at radius 2 is 0.963 bits per heavy atom. The first-order valence-corrected chi connectivity index (χ1v) is 11.5. The zero-order valence-electron chi connectivity index (χ0n) is 19.3. The number of hydrogen-bond donors (Lipinski definition) is 0. The Morgan fingerprint density at radius 1 is 0.556 bits per heavy atom. The van der Waals surface area contributed by atoms with E-state index in [-0.39, 0.29) is 0 Å². The fraction of sp³-hybridized carbons (Fsp3) is 0.957. The minimum atomic E-state index is 0.368. The molecular weight excluding hydrogens is 334 g/mol. The molecule has 27 heavy (non-hydrogen) atoms. The van der Waals surface area contributed by atoms with Crippen LogP contribution in [0.15, 0.2) is 0 Å². The number of hydrogen-bond acceptors (Lipinski definition) is 3. The van der Waals surface area contributed by atoms with Crippen LogP contribution in [0, 0.1) is 0 Å². The van der Waals surface area contributed by atoms with E-state index >= 15 is 0 Å². The quantitative estimate of drug-likeness (QED) is 0.293. The molecular formula is C23H49N3O. The molecule has 0 saturated heterocycles. The smallest absolute Gasteiger partial charge is 0.222 e. The zero-order valence-corrected chi connectivity index (χ0v) is 19.3. The Kier molecular flexibility index (Phi) is 18.3. The number of rotatable bonds is 19. The van der Waals surface area contributed by atoms with Crippen molar-refractivity contribution in [3.63, 3.8) is 0 Å². The van der Waals surface area contributed by atoms with E-state index in [0.29, 0.717) is 5.91 Å². The molecule has 1 amide bonds. The highest BCUT2D eigenvalue weighted by Crippen LogP contribution is 2.12. The second-order valence-corrected chi connectivity index (χ2v) is 8.63. The summed E-state index contributed by atoms with van der Waals surface area (Å²) in [4.78, 5) is 19.1. The molecule has 0 aromatic rings. The first kappa shape index (κ1) is 26.4. The highest BCUT2D eigenvalue weighted by molar-refractivity contribution is 5.76. The molecule has 0 rings (SSSR count). The zero-order chi connectivity index (χ0) is 20.3. The first-order valence-electron chi connectivity index (χ1n) is 11.5. The minimum Gasteiger partial charge on any atom is -0.343 e. The fourth-order valence-corrected chi connectivity index (χ4v) is 3.44. The molecule has 162 valence electrons. The van der Waals surface area contributed by atoms with Crippen molar-refractivity contribution in [3.05, 3.63) is 0 Å². The molecule has 0 spiro atoms. The molecule has 0 aliphatic carbocycles. The lowest BCUT2D eigenvalue weighted by Gasteiger charge is -2.24. The third kappa shape index (κ3) is 18.5. The number of carbonyl (C=O) groups excluding carboxylic acids is 1. The molecule has 0 aliphatic rings. The van der Waals surface area contributed by atoms with E-state index in [4.69, 9.17) is 0 Å². The average molecular weight is 384 g/mol. The summed E-state index contributed by atoms with van der Waals surface area (Å²) in [7, 11) is 8.40. The summed E-state index contributed by atoms with van der Waals surface area (Å²) in [5, 5.41) is 0. The van der Waals surface area contributed by atoms with Gasteiger partial charge in [-0.2, -0.15) is 0 Å². The van der Waals surface area contributed by atoms with Gasteiger partial charge in [-0.1, -0.05) is 64.7 Å². The molecule has 0 aromatic heterocycles. The van der Waals surface area contributed by atoms with E-state index in [1.807, 2.05) is 0 Å². The highest BCUT2D eigenvalue weighted by atomic mass is 16.2. The summed E-state index contributed by atoms with van der Waals surface area (Å²) in [5.41, 5.74) is 0. The van der Waals surface area contributed by atoms with Crippen molar-refractivity contribution in [2.24, 2.45) is 0 Å². The SMILES string of the molecule is CCCCCCCCCCCCC(=O)N(CCCN(C)C)CCCN(C)C. The highest BCUT2D eigenvalue weighted by Gasteiger charge is 2.13. The molecule has 0 aliphatic heterocycles. The van der Waals surface area contributed by atoms with Crippen molar-refractivity contribution >= 4 is 5.91 Å². The van der Waals surface area contributed by atoms with E-state index in [1.54, 1.807) is 0 Å².